The molecule has 1 atom stereocenters. The molecule has 1 N–H and O–H groups in total. The van der Waals surface area contributed by atoms with Crippen molar-refractivity contribution >= 4 is 20.0 Å². The van der Waals surface area contributed by atoms with E-state index in [1.807, 2.05) is 0 Å². The van der Waals surface area contributed by atoms with Crippen LogP contribution in [0.4, 0.5) is 0 Å². The summed E-state index contributed by atoms with van der Waals surface area (Å²) in [6.45, 7) is 5.40. The molecule has 20 heavy (non-hydrogen) atoms. The van der Waals surface area contributed by atoms with E-state index in [1.165, 1.54) is 26.2 Å². The zero-order valence-electron chi connectivity index (χ0n) is 12.3. The Morgan fingerprint density at radius 2 is 1.85 bits per heavy atom. The second kappa shape index (κ2) is 8.89. The molecule has 0 radical (unpaired) electrons. The average molecular weight is 307 g/mol. The third-order valence-corrected chi connectivity index (χ3v) is 4.36. The van der Waals surface area contributed by atoms with E-state index in [4.69, 9.17) is 9.05 Å². The lowest BCUT2D eigenvalue weighted by molar-refractivity contribution is -0.146. The maximum absolute atomic E-state index is 12.2. The van der Waals surface area contributed by atoms with Crippen molar-refractivity contribution in [2.75, 3.05) is 26.5 Å². The maximum atomic E-state index is 12.2. The smallest absolute Gasteiger partial charge is 0.335 e. The highest BCUT2D eigenvalue weighted by molar-refractivity contribution is 7.54. The standard InChI is InChI=1S/C12H22NO6P/c1-5-18-20(16,19-6-2)9-7-8-12(3,13-10-14)11(15)17-4/h7-8,10H,5-6,9H2,1-4H3,(H,13,14)/b8-7+. The van der Waals surface area contributed by atoms with Crippen LogP contribution in [0.5, 0.6) is 0 Å². The number of esters is 1. The van der Waals surface area contributed by atoms with Gasteiger partial charge < -0.3 is 19.1 Å². The summed E-state index contributed by atoms with van der Waals surface area (Å²) in [7, 11) is -2.00. The Morgan fingerprint density at radius 3 is 2.25 bits per heavy atom. The molecule has 0 aliphatic heterocycles. The number of carbonyl (C=O) groups excluding carboxylic acids is 2. The van der Waals surface area contributed by atoms with Crippen molar-refractivity contribution < 1.29 is 27.9 Å². The van der Waals surface area contributed by atoms with Crippen LogP contribution in [0.15, 0.2) is 12.2 Å². The third kappa shape index (κ3) is 5.86. The lowest BCUT2D eigenvalue weighted by atomic mass is 10.0. The minimum absolute atomic E-state index is 0.00179. The number of hydrogen-bond acceptors (Lipinski definition) is 6. The molecule has 8 heteroatoms. The molecule has 0 heterocycles. The Bertz CT molecular complexity index is 387. The van der Waals surface area contributed by atoms with E-state index in [9.17, 15) is 14.2 Å². The predicted molar refractivity (Wildman–Crippen MR) is 74.5 cm³/mol. The van der Waals surface area contributed by atoms with Crippen LogP contribution in [0.3, 0.4) is 0 Å². The minimum atomic E-state index is -3.22. The van der Waals surface area contributed by atoms with Crippen molar-refractivity contribution in [1.82, 2.24) is 5.32 Å². The molecule has 0 spiro atoms. The first-order chi connectivity index (χ1) is 9.37. The van der Waals surface area contributed by atoms with Crippen molar-refractivity contribution in [3.63, 3.8) is 0 Å². The Labute approximate surface area is 119 Å². The molecule has 0 rings (SSSR count). The molecule has 0 bridgehead atoms. The minimum Gasteiger partial charge on any atom is -0.467 e. The topological polar surface area (TPSA) is 90.9 Å². The zero-order valence-corrected chi connectivity index (χ0v) is 13.1. The molecule has 0 fully saturated rings. The molecule has 116 valence electrons. The van der Waals surface area contributed by atoms with E-state index in [-0.39, 0.29) is 19.4 Å². The molecule has 0 saturated carbocycles. The predicted octanol–water partition coefficient (Wildman–Crippen LogP) is 1.49. The van der Waals surface area contributed by atoms with E-state index in [0.717, 1.165) is 0 Å². The highest BCUT2D eigenvalue weighted by Gasteiger charge is 2.31. The lowest BCUT2D eigenvalue weighted by Gasteiger charge is -2.22. The van der Waals surface area contributed by atoms with Gasteiger partial charge in [0.05, 0.1) is 26.5 Å². The van der Waals surface area contributed by atoms with Crippen LogP contribution in [0.2, 0.25) is 0 Å². The van der Waals surface area contributed by atoms with Crippen LogP contribution in [0.1, 0.15) is 20.8 Å². The Kier molecular flexibility index (Phi) is 8.37. The van der Waals surface area contributed by atoms with Gasteiger partial charge in [0.2, 0.25) is 6.41 Å². The summed E-state index contributed by atoms with van der Waals surface area (Å²) in [6.07, 6.45) is 3.27. The summed E-state index contributed by atoms with van der Waals surface area (Å²) in [6, 6.07) is 0. The molecule has 0 aromatic carbocycles. The molecule has 0 aliphatic carbocycles. The Hall–Kier alpha value is -1.17. The highest BCUT2D eigenvalue weighted by Crippen LogP contribution is 2.47. The molecule has 0 aromatic heterocycles. The summed E-state index contributed by atoms with van der Waals surface area (Å²) in [5.41, 5.74) is -1.32. The van der Waals surface area contributed by atoms with Crippen molar-refractivity contribution in [3.8, 4) is 0 Å². The van der Waals surface area contributed by atoms with Gasteiger partial charge in [0.1, 0.15) is 0 Å². The third-order valence-electron chi connectivity index (χ3n) is 2.40. The number of amides is 1. The van der Waals surface area contributed by atoms with Crippen LogP contribution in [-0.4, -0.2) is 44.4 Å². The molecular weight excluding hydrogens is 285 g/mol. The number of rotatable bonds is 10. The van der Waals surface area contributed by atoms with Crippen molar-refractivity contribution in [2.45, 2.75) is 26.3 Å². The summed E-state index contributed by atoms with van der Waals surface area (Å²) < 4.78 is 27.0. The first kappa shape index (κ1) is 18.8. The number of methoxy groups -OCH3 is 1. The van der Waals surface area contributed by atoms with Gasteiger partial charge in [0, 0.05) is 0 Å². The average Bonchev–Trinajstić information content (AvgIpc) is 2.38. The Morgan fingerprint density at radius 1 is 1.30 bits per heavy atom. The van der Waals surface area contributed by atoms with Crippen LogP contribution in [0, 0.1) is 0 Å². The van der Waals surface area contributed by atoms with E-state index in [2.05, 4.69) is 10.1 Å². The van der Waals surface area contributed by atoms with Crippen molar-refractivity contribution in [3.05, 3.63) is 12.2 Å². The first-order valence-corrected chi connectivity index (χ1v) is 7.95. The van der Waals surface area contributed by atoms with Crippen LogP contribution >= 0.6 is 7.60 Å². The number of carbonyl (C=O) groups is 2. The monoisotopic (exact) mass is 307 g/mol. The number of nitrogens with one attached hydrogen (secondary N) is 1. The summed E-state index contributed by atoms with van der Waals surface area (Å²) in [5, 5.41) is 2.35. The molecule has 0 saturated heterocycles. The van der Waals surface area contributed by atoms with Crippen LogP contribution < -0.4 is 5.32 Å². The molecule has 0 aromatic rings. The van der Waals surface area contributed by atoms with Gasteiger partial charge in [-0.05, 0) is 20.8 Å². The molecular formula is C12H22NO6P. The fraction of sp³-hybridized carbons (Fsp3) is 0.667. The molecule has 1 unspecified atom stereocenters. The van der Waals surface area contributed by atoms with E-state index in [1.54, 1.807) is 13.8 Å². The molecule has 7 nitrogen and oxygen atoms in total. The first-order valence-electron chi connectivity index (χ1n) is 6.23. The van der Waals surface area contributed by atoms with Gasteiger partial charge in [0.25, 0.3) is 0 Å². The van der Waals surface area contributed by atoms with Crippen molar-refractivity contribution in [2.24, 2.45) is 0 Å². The van der Waals surface area contributed by atoms with Gasteiger partial charge in [-0.1, -0.05) is 12.2 Å². The van der Waals surface area contributed by atoms with Gasteiger partial charge in [-0.2, -0.15) is 0 Å². The highest BCUT2D eigenvalue weighted by atomic mass is 31.2. The van der Waals surface area contributed by atoms with Gasteiger partial charge in [-0.3, -0.25) is 9.36 Å². The number of ether oxygens (including phenoxy) is 1. The summed E-state index contributed by atoms with van der Waals surface area (Å²) in [4.78, 5) is 22.2. The lowest BCUT2D eigenvalue weighted by Crippen LogP contribution is -2.47. The van der Waals surface area contributed by atoms with Crippen molar-refractivity contribution in [1.29, 1.82) is 0 Å². The van der Waals surface area contributed by atoms with Gasteiger partial charge in [-0.25, -0.2) is 4.79 Å². The second-order valence-electron chi connectivity index (χ2n) is 3.99. The van der Waals surface area contributed by atoms with E-state index < -0.39 is 19.1 Å². The van der Waals surface area contributed by atoms with E-state index in [0.29, 0.717) is 6.41 Å². The maximum Gasteiger partial charge on any atom is 0.335 e. The van der Waals surface area contributed by atoms with Gasteiger partial charge >= 0.3 is 13.6 Å². The number of hydrogen-bond donors (Lipinski definition) is 1. The van der Waals surface area contributed by atoms with Gasteiger partial charge in [-0.15, -0.1) is 0 Å². The SMILES string of the molecule is CCOP(=O)(C/C=C/C(C)(NC=O)C(=O)OC)OCC. The second-order valence-corrected chi connectivity index (χ2v) is 6.09. The molecule has 1 amide bonds. The quantitative estimate of drug-likeness (QED) is 0.284. The summed E-state index contributed by atoms with van der Waals surface area (Å²) in [5.74, 6) is -0.636. The Balaban J connectivity index is 4.91. The largest absolute Gasteiger partial charge is 0.467 e. The summed E-state index contributed by atoms with van der Waals surface area (Å²) >= 11 is 0. The normalized spacial score (nSPS) is 14.8. The van der Waals surface area contributed by atoms with E-state index >= 15 is 0 Å². The molecule has 0 aliphatic rings. The zero-order chi connectivity index (χ0) is 15.6. The van der Waals surface area contributed by atoms with Gasteiger partial charge in [0.15, 0.2) is 5.54 Å². The number of allylic oxidation sites excluding steroid dienone is 1. The van der Waals surface area contributed by atoms with Crippen LogP contribution in [-0.2, 0) is 27.9 Å². The fourth-order valence-corrected chi connectivity index (χ4v) is 2.90. The van der Waals surface area contributed by atoms with Crippen LogP contribution in [0.25, 0.3) is 0 Å². The fourth-order valence-electron chi connectivity index (χ4n) is 1.46.